The highest BCUT2D eigenvalue weighted by atomic mass is 16.2. The molecule has 2 fully saturated rings. The van der Waals surface area contributed by atoms with Gasteiger partial charge in [-0.1, -0.05) is 19.3 Å². The average molecular weight is 489 g/mol. The fourth-order valence-electron chi connectivity index (χ4n) is 5.75. The Morgan fingerprint density at radius 3 is 2.72 bits per heavy atom. The zero-order valence-electron chi connectivity index (χ0n) is 21.2. The summed E-state index contributed by atoms with van der Waals surface area (Å²) in [7, 11) is 1.77. The Kier molecular flexibility index (Phi) is 7.32. The molecule has 1 aliphatic carbocycles. The summed E-state index contributed by atoms with van der Waals surface area (Å²) in [6.45, 7) is 2.52. The van der Waals surface area contributed by atoms with Crippen molar-refractivity contribution in [2.45, 2.75) is 70.0 Å². The predicted octanol–water partition coefficient (Wildman–Crippen LogP) is 3.76. The highest BCUT2D eigenvalue weighted by molar-refractivity contribution is 5.90. The van der Waals surface area contributed by atoms with E-state index < -0.39 is 6.04 Å². The number of rotatable bonds is 7. The van der Waals surface area contributed by atoms with Crippen LogP contribution in [0, 0.1) is 5.92 Å². The summed E-state index contributed by atoms with van der Waals surface area (Å²) in [5.41, 5.74) is 2.84. The minimum atomic E-state index is -0.483. The Morgan fingerprint density at radius 2 is 1.92 bits per heavy atom. The third-order valence-electron chi connectivity index (χ3n) is 7.90. The molecule has 3 aromatic heterocycles. The molecule has 5 rings (SSSR count). The van der Waals surface area contributed by atoms with Crippen LogP contribution in [-0.4, -0.2) is 56.9 Å². The molecule has 3 unspecified atom stereocenters. The average Bonchev–Trinajstić information content (AvgIpc) is 3.59. The van der Waals surface area contributed by atoms with Gasteiger partial charge in [-0.3, -0.25) is 19.1 Å². The summed E-state index contributed by atoms with van der Waals surface area (Å²) < 4.78 is 2.04. The fourth-order valence-corrected chi connectivity index (χ4v) is 5.75. The molecule has 3 atom stereocenters. The lowest BCUT2D eigenvalue weighted by Crippen LogP contribution is -2.55. The maximum atomic E-state index is 14.0. The number of nitrogens with zero attached hydrogens (tertiary/aromatic N) is 4. The van der Waals surface area contributed by atoms with Gasteiger partial charge in [0.2, 0.25) is 11.8 Å². The molecule has 190 valence electrons. The largest absolute Gasteiger partial charge is 0.343 e. The molecule has 0 bridgehead atoms. The summed E-state index contributed by atoms with van der Waals surface area (Å²) in [6, 6.07) is 7.26. The number of carbonyl (C=O) groups excluding carboxylic acids is 2. The first kappa shape index (κ1) is 24.4. The Balaban J connectivity index is 1.41. The van der Waals surface area contributed by atoms with E-state index in [0.717, 1.165) is 60.8 Å². The maximum absolute atomic E-state index is 14.0. The number of hydrogen-bond donors (Lipinski definition) is 2. The van der Waals surface area contributed by atoms with Crippen molar-refractivity contribution in [3.63, 3.8) is 0 Å². The third-order valence-corrected chi connectivity index (χ3v) is 7.90. The van der Waals surface area contributed by atoms with Crippen LogP contribution in [0.25, 0.3) is 16.7 Å². The summed E-state index contributed by atoms with van der Waals surface area (Å²) in [4.78, 5) is 37.9. The monoisotopic (exact) mass is 488 g/mol. The SMILES string of the molecule is CNC(C)C(=O)NC(C(=O)N1CCCC1c1cncc(-n2ccc3cccnc32)c1)C1CCCCC1. The van der Waals surface area contributed by atoms with Gasteiger partial charge in [-0.05, 0) is 75.4 Å². The van der Waals surface area contributed by atoms with E-state index in [9.17, 15) is 9.59 Å². The van der Waals surface area contributed by atoms with Gasteiger partial charge in [-0.25, -0.2) is 4.98 Å². The molecule has 8 nitrogen and oxygen atoms in total. The van der Waals surface area contributed by atoms with Gasteiger partial charge < -0.3 is 15.5 Å². The lowest BCUT2D eigenvalue weighted by molar-refractivity contribution is -0.139. The first-order valence-electron chi connectivity index (χ1n) is 13.2. The van der Waals surface area contributed by atoms with Crippen molar-refractivity contribution < 1.29 is 9.59 Å². The van der Waals surface area contributed by atoms with Crippen LogP contribution >= 0.6 is 0 Å². The Morgan fingerprint density at radius 1 is 1.08 bits per heavy atom. The summed E-state index contributed by atoms with van der Waals surface area (Å²) >= 11 is 0. The van der Waals surface area contributed by atoms with Crippen LogP contribution in [0.5, 0.6) is 0 Å². The van der Waals surface area contributed by atoms with Gasteiger partial charge in [-0.2, -0.15) is 0 Å². The van der Waals surface area contributed by atoms with Crippen LogP contribution in [0.4, 0.5) is 0 Å². The van der Waals surface area contributed by atoms with Crippen LogP contribution in [0.2, 0.25) is 0 Å². The number of nitrogens with one attached hydrogen (secondary N) is 2. The molecule has 1 aliphatic heterocycles. The molecule has 0 radical (unpaired) electrons. The third kappa shape index (κ3) is 4.87. The highest BCUT2D eigenvalue weighted by Crippen LogP contribution is 2.35. The van der Waals surface area contributed by atoms with E-state index in [4.69, 9.17) is 0 Å². The molecule has 4 heterocycles. The lowest BCUT2D eigenvalue weighted by Gasteiger charge is -2.35. The minimum absolute atomic E-state index is 0.0412. The van der Waals surface area contributed by atoms with Crippen LogP contribution in [-0.2, 0) is 9.59 Å². The number of fused-ring (bicyclic) bond motifs is 1. The van der Waals surface area contributed by atoms with Gasteiger partial charge >= 0.3 is 0 Å². The number of likely N-dealkylation sites (N-methyl/N-ethyl adjacent to an activating group) is 1. The van der Waals surface area contributed by atoms with Gasteiger partial charge in [0.05, 0.1) is 24.0 Å². The van der Waals surface area contributed by atoms with Crippen molar-refractivity contribution in [2.24, 2.45) is 5.92 Å². The molecule has 2 amide bonds. The Bertz CT molecular complexity index is 1220. The molecule has 1 saturated carbocycles. The number of aromatic nitrogens is 3. The molecular weight excluding hydrogens is 452 g/mol. The fraction of sp³-hybridized carbons (Fsp3) is 0.500. The van der Waals surface area contributed by atoms with Crippen molar-refractivity contribution in [3.05, 3.63) is 54.6 Å². The van der Waals surface area contributed by atoms with Gasteiger partial charge in [0.25, 0.3) is 0 Å². The molecule has 1 saturated heterocycles. The van der Waals surface area contributed by atoms with Gasteiger partial charge in [-0.15, -0.1) is 0 Å². The second-order valence-corrected chi connectivity index (χ2v) is 10.2. The van der Waals surface area contributed by atoms with Crippen LogP contribution in [0.3, 0.4) is 0 Å². The predicted molar refractivity (Wildman–Crippen MR) is 140 cm³/mol. The minimum Gasteiger partial charge on any atom is -0.343 e. The van der Waals surface area contributed by atoms with Gasteiger partial charge in [0.15, 0.2) is 0 Å². The molecule has 0 aromatic carbocycles. The zero-order valence-corrected chi connectivity index (χ0v) is 21.2. The second-order valence-electron chi connectivity index (χ2n) is 10.2. The molecule has 8 heteroatoms. The zero-order chi connectivity index (χ0) is 25.1. The molecule has 36 heavy (non-hydrogen) atoms. The standard InChI is InChI=1S/C28H36N6O2/c1-19(29-2)27(35)32-25(20-8-4-3-5-9-20)28(36)34-14-7-11-24(34)22-16-23(18-30-17-22)33-15-12-21-10-6-13-31-26(21)33/h6,10,12-13,15-20,24-25,29H,3-5,7-9,11,14H2,1-2H3,(H,32,35). The van der Waals surface area contributed by atoms with Crippen molar-refractivity contribution in [2.75, 3.05) is 13.6 Å². The van der Waals surface area contributed by atoms with E-state index in [1.54, 1.807) is 13.2 Å². The first-order valence-corrected chi connectivity index (χ1v) is 13.2. The van der Waals surface area contributed by atoms with Crippen LogP contribution in [0.1, 0.15) is 63.5 Å². The normalized spacial score (nSPS) is 20.4. The van der Waals surface area contributed by atoms with Gasteiger partial charge in [0, 0.05) is 30.5 Å². The number of hydrogen-bond acceptors (Lipinski definition) is 5. The molecule has 0 spiro atoms. The molecule has 3 aromatic rings. The first-order chi connectivity index (χ1) is 17.6. The van der Waals surface area contributed by atoms with E-state index in [1.165, 1.54) is 6.42 Å². The van der Waals surface area contributed by atoms with Crippen molar-refractivity contribution in [3.8, 4) is 5.69 Å². The van der Waals surface area contributed by atoms with E-state index >= 15 is 0 Å². The van der Waals surface area contributed by atoms with E-state index in [1.807, 2.05) is 53.2 Å². The van der Waals surface area contributed by atoms with Crippen LogP contribution < -0.4 is 10.6 Å². The van der Waals surface area contributed by atoms with E-state index in [-0.39, 0.29) is 29.8 Å². The van der Waals surface area contributed by atoms with Crippen molar-refractivity contribution in [1.82, 2.24) is 30.1 Å². The van der Waals surface area contributed by atoms with Crippen LogP contribution in [0.15, 0.2) is 49.1 Å². The number of carbonyl (C=O) groups is 2. The number of amides is 2. The van der Waals surface area contributed by atoms with E-state index in [2.05, 4.69) is 26.7 Å². The Labute approximate surface area is 212 Å². The summed E-state index contributed by atoms with van der Waals surface area (Å²) in [5, 5.41) is 7.19. The van der Waals surface area contributed by atoms with Crippen molar-refractivity contribution in [1.29, 1.82) is 0 Å². The maximum Gasteiger partial charge on any atom is 0.245 e. The lowest BCUT2D eigenvalue weighted by atomic mass is 9.83. The molecule has 2 N–H and O–H groups in total. The topological polar surface area (TPSA) is 92.2 Å². The number of likely N-dealkylation sites (tertiary alicyclic amines) is 1. The Hall–Kier alpha value is -3.26. The van der Waals surface area contributed by atoms with Gasteiger partial charge in [0.1, 0.15) is 11.7 Å². The van der Waals surface area contributed by atoms with Crippen molar-refractivity contribution >= 4 is 22.8 Å². The molecular formula is C28H36N6O2. The smallest absolute Gasteiger partial charge is 0.245 e. The molecule has 2 aliphatic rings. The quantitative estimate of drug-likeness (QED) is 0.528. The summed E-state index contributed by atoms with van der Waals surface area (Å²) in [5.74, 6) is 0.106. The second kappa shape index (κ2) is 10.8. The highest BCUT2D eigenvalue weighted by Gasteiger charge is 2.39. The number of pyridine rings is 2. The van der Waals surface area contributed by atoms with E-state index in [0.29, 0.717) is 6.54 Å². The summed E-state index contributed by atoms with van der Waals surface area (Å²) in [6.07, 6.45) is 14.7.